The van der Waals surface area contributed by atoms with Gasteiger partial charge in [-0.05, 0) is 49.8 Å². The third kappa shape index (κ3) is 4.47. The maximum absolute atomic E-state index is 3.68. The Hall–Kier alpha value is -0.600. The van der Waals surface area contributed by atoms with Gasteiger partial charge in [0, 0.05) is 15.1 Å². The molecule has 1 aromatic heterocycles. The van der Waals surface area contributed by atoms with Crippen molar-refractivity contribution in [2.24, 2.45) is 5.92 Å². The molecule has 0 N–H and O–H groups in total. The van der Waals surface area contributed by atoms with Crippen molar-refractivity contribution in [2.75, 3.05) is 5.33 Å². The number of hydrogen-bond donors (Lipinski definition) is 0. The molecular weight excluding hydrogens is 316 g/mol. The van der Waals surface area contributed by atoms with Crippen LogP contribution in [0.1, 0.15) is 27.8 Å². The molecule has 0 aliphatic heterocycles. The minimum absolute atomic E-state index is 0.685. The second kappa shape index (κ2) is 7.25. The SMILES string of the molecule is CCc1ccc(CC(CBr)Cc2cccc(C)c2)s1. The smallest absolute Gasteiger partial charge is 0.00663 e. The molecule has 102 valence electrons. The van der Waals surface area contributed by atoms with Gasteiger partial charge < -0.3 is 0 Å². The fourth-order valence-electron chi connectivity index (χ4n) is 2.36. The molecule has 1 unspecified atom stereocenters. The maximum Gasteiger partial charge on any atom is 0.00663 e. The number of benzene rings is 1. The third-order valence-corrected chi connectivity index (χ3v) is 5.55. The first-order valence-corrected chi connectivity index (χ1v) is 8.84. The molecule has 0 bridgehead atoms. The molecule has 0 saturated heterocycles. The van der Waals surface area contributed by atoms with Crippen LogP contribution in [0.25, 0.3) is 0 Å². The molecule has 0 aliphatic rings. The molecule has 0 spiro atoms. The van der Waals surface area contributed by atoms with Gasteiger partial charge in [0.05, 0.1) is 0 Å². The predicted molar refractivity (Wildman–Crippen MR) is 89.6 cm³/mol. The van der Waals surface area contributed by atoms with Gasteiger partial charge in [-0.1, -0.05) is 52.7 Å². The van der Waals surface area contributed by atoms with Crippen LogP contribution in [0.4, 0.5) is 0 Å². The molecule has 1 atom stereocenters. The Labute approximate surface area is 129 Å². The Kier molecular flexibility index (Phi) is 5.65. The standard InChI is InChI=1S/C17H21BrS/c1-3-16-7-8-17(19-16)11-15(12-18)10-14-6-4-5-13(2)9-14/h4-9,15H,3,10-12H2,1-2H3. The van der Waals surface area contributed by atoms with Gasteiger partial charge in [0.25, 0.3) is 0 Å². The first-order chi connectivity index (χ1) is 9.21. The van der Waals surface area contributed by atoms with Gasteiger partial charge in [0.1, 0.15) is 0 Å². The van der Waals surface area contributed by atoms with Crippen molar-refractivity contribution in [3.8, 4) is 0 Å². The largest absolute Gasteiger partial charge is 0.145 e. The number of alkyl halides is 1. The van der Waals surface area contributed by atoms with Gasteiger partial charge >= 0.3 is 0 Å². The first kappa shape index (κ1) is 14.8. The lowest BCUT2D eigenvalue weighted by molar-refractivity contribution is 0.596. The minimum atomic E-state index is 0.685. The van der Waals surface area contributed by atoms with Gasteiger partial charge in [-0.15, -0.1) is 11.3 Å². The van der Waals surface area contributed by atoms with Crippen LogP contribution in [0.2, 0.25) is 0 Å². The Morgan fingerprint density at radius 2 is 1.89 bits per heavy atom. The number of aryl methyl sites for hydroxylation is 2. The Bertz CT molecular complexity index is 515. The lowest BCUT2D eigenvalue weighted by Crippen LogP contribution is -2.09. The van der Waals surface area contributed by atoms with Crippen molar-refractivity contribution < 1.29 is 0 Å². The molecule has 19 heavy (non-hydrogen) atoms. The van der Waals surface area contributed by atoms with Crippen molar-refractivity contribution in [3.63, 3.8) is 0 Å². The van der Waals surface area contributed by atoms with Crippen molar-refractivity contribution in [1.82, 2.24) is 0 Å². The van der Waals surface area contributed by atoms with E-state index in [4.69, 9.17) is 0 Å². The van der Waals surface area contributed by atoms with E-state index in [1.165, 1.54) is 27.3 Å². The molecule has 0 radical (unpaired) electrons. The average Bonchev–Trinajstić information content (AvgIpc) is 2.85. The van der Waals surface area contributed by atoms with Crippen LogP contribution < -0.4 is 0 Å². The topological polar surface area (TPSA) is 0 Å². The Morgan fingerprint density at radius 1 is 1.11 bits per heavy atom. The zero-order chi connectivity index (χ0) is 13.7. The van der Waals surface area contributed by atoms with Crippen molar-refractivity contribution in [2.45, 2.75) is 33.1 Å². The van der Waals surface area contributed by atoms with Crippen LogP contribution in [0.3, 0.4) is 0 Å². The normalized spacial score (nSPS) is 12.6. The number of halogens is 1. The van der Waals surface area contributed by atoms with Crippen molar-refractivity contribution >= 4 is 27.3 Å². The minimum Gasteiger partial charge on any atom is -0.145 e. The summed E-state index contributed by atoms with van der Waals surface area (Å²) >= 11 is 5.65. The summed E-state index contributed by atoms with van der Waals surface area (Å²) in [5, 5.41) is 1.07. The van der Waals surface area contributed by atoms with E-state index >= 15 is 0 Å². The zero-order valence-electron chi connectivity index (χ0n) is 11.7. The lowest BCUT2D eigenvalue weighted by Gasteiger charge is -2.13. The van der Waals surface area contributed by atoms with Crippen LogP contribution in [0.15, 0.2) is 36.4 Å². The molecule has 1 heterocycles. The van der Waals surface area contributed by atoms with E-state index in [0.29, 0.717) is 5.92 Å². The summed E-state index contributed by atoms with van der Waals surface area (Å²) in [5.74, 6) is 0.685. The molecule has 1 aromatic carbocycles. The highest BCUT2D eigenvalue weighted by Crippen LogP contribution is 2.23. The quantitative estimate of drug-likeness (QED) is 0.618. The van der Waals surface area contributed by atoms with Gasteiger partial charge in [-0.3, -0.25) is 0 Å². The van der Waals surface area contributed by atoms with E-state index < -0.39 is 0 Å². The highest BCUT2D eigenvalue weighted by molar-refractivity contribution is 9.09. The molecule has 2 heteroatoms. The summed E-state index contributed by atoms with van der Waals surface area (Å²) in [6.45, 7) is 4.39. The van der Waals surface area contributed by atoms with Gasteiger partial charge in [-0.25, -0.2) is 0 Å². The monoisotopic (exact) mass is 336 g/mol. The third-order valence-electron chi connectivity index (χ3n) is 3.38. The molecule has 2 rings (SSSR count). The van der Waals surface area contributed by atoms with E-state index in [-0.39, 0.29) is 0 Å². The van der Waals surface area contributed by atoms with Crippen LogP contribution in [0.5, 0.6) is 0 Å². The summed E-state index contributed by atoms with van der Waals surface area (Å²) in [6.07, 6.45) is 3.50. The van der Waals surface area contributed by atoms with Gasteiger partial charge in [0.15, 0.2) is 0 Å². The molecule has 0 aliphatic carbocycles. The molecule has 0 fully saturated rings. The number of thiophene rings is 1. The summed E-state index contributed by atoms with van der Waals surface area (Å²) < 4.78 is 0. The van der Waals surface area contributed by atoms with E-state index in [9.17, 15) is 0 Å². The zero-order valence-corrected chi connectivity index (χ0v) is 14.1. The summed E-state index contributed by atoms with van der Waals surface area (Å²) in [4.78, 5) is 3.02. The predicted octanol–water partition coefficient (Wildman–Crippen LogP) is 5.42. The van der Waals surface area contributed by atoms with Crippen molar-refractivity contribution in [3.05, 3.63) is 57.3 Å². The van der Waals surface area contributed by atoms with E-state index in [2.05, 4.69) is 66.2 Å². The lowest BCUT2D eigenvalue weighted by atomic mass is 9.96. The average molecular weight is 337 g/mol. The van der Waals surface area contributed by atoms with E-state index in [1.807, 2.05) is 11.3 Å². The Morgan fingerprint density at radius 3 is 2.53 bits per heavy atom. The van der Waals surface area contributed by atoms with Crippen LogP contribution in [-0.4, -0.2) is 5.33 Å². The van der Waals surface area contributed by atoms with Gasteiger partial charge in [0.2, 0.25) is 0 Å². The highest BCUT2D eigenvalue weighted by atomic mass is 79.9. The maximum atomic E-state index is 3.68. The first-order valence-electron chi connectivity index (χ1n) is 6.90. The molecule has 0 saturated carbocycles. The van der Waals surface area contributed by atoms with Crippen molar-refractivity contribution in [1.29, 1.82) is 0 Å². The molecule has 0 nitrogen and oxygen atoms in total. The molecular formula is C17H21BrS. The fourth-order valence-corrected chi connectivity index (χ4v) is 3.89. The van der Waals surface area contributed by atoms with E-state index in [1.54, 1.807) is 0 Å². The highest BCUT2D eigenvalue weighted by Gasteiger charge is 2.11. The summed E-state index contributed by atoms with van der Waals surface area (Å²) in [7, 11) is 0. The summed E-state index contributed by atoms with van der Waals surface area (Å²) in [5.41, 5.74) is 2.81. The fraction of sp³-hybridized carbons (Fsp3) is 0.412. The van der Waals surface area contributed by atoms with Crippen LogP contribution >= 0.6 is 27.3 Å². The molecule has 0 amide bonds. The molecule has 2 aromatic rings. The van der Waals surface area contributed by atoms with E-state index in [0.717, 1.165) is 18.2 Å². The summed E-state index contributed by atoms with van der Waals surface area (Å²) in [6, 6.07) is 13.5. The second-order valence-corrected chi connectivity index (χ2v) is 7.04. The number of hydrogen-bond acceptors (Lipinski definition) is 1. The number of rotatable bonds is 6. The van der Waals surface area contributed by atoms with Gasteiger partial charge in [-0.2, -0.15) is 0 Å². The van der Waals surface area contributed by atoms with Crippen LogP contribution in [-0.2, 0) is 19.3 Å². The van der Waals surface area contributed by atoms with Crippen LogP contribution in [0, 0.1) is 12.8 Å². The second-order valence-electron chi connectivity index (χ2n) is 5.14. The Balaban J connectivity index is 2.00.